The van der Waals surface area contributed by atoms with Crippen LogP contribution in [-0.2, 0) is 0 Å². The number of carbonyl (C=O) groups excluding carboxylic acids is 1. The van der Waals surface area contributed by atoms with Crippen molar-refractivity contribution in [2.24, 2.45) is 5.73 Å². The summed E-state index contributed by atoms with van der Waals surface area (Å²) in [6, 6.07) is 3.59. The van der Waals surface area contributed by atoms with Crippen molar-refractivity contribution in [3.05, 3.63) is 58.1 Å². The number of nitrogens with zero attached hydrogens (tertiary/aromatic N) is 1. The Bertz CT molecular complexity index is 1210. The van der Waals surface area contributed by atoms with E-state index < -0.39 is 0 Å². The quantitative estimate of drug-likeness (QED) is 0.419. The van der Waals surface area contributed by atoms with Gasteiger partial charge in [0.05, 0.1) is 16.4 Å². The number of aryl methyl sites for hydroxylation is 1. The number of aromatic nitrogens is 2. The molecule has 0 spiro atoms. The van der Waals surface area contributed by atoms with Crippen LogP contribution in [0.4, 0.5) is 0 Å². The third kappa shape index (κ3) is 5.17. The van der Waals surface area contributed by atoms with Gasteiger partial charge < -0.3 is 15.8 Å². The lowest BCUT2D eigenvalue weighted by Gasteiger charge is -2.02. The first kappa shape index (κ1) is 26.0. The molecule has 168 valence electrons. The third-order valence-corrected chi connectivity index (χ3v) is 5.31. The molecule has 4 N–H and O–H groups in total. The van der Waals surface area contributed by atoms with E-state index in [2.05, 4.69) is 48.5 Å². The van der Waals surface area contributed by atoms with Crippen molar-refractivity contribution >= 4 is 34.6 Å². The summed E-state index contributed by atoms with van der Waals surface area (Å²) in [4.78, 5) is 15.0. The number of aromatic hydroxyl groups is 1. The van der Waals surface area contributed by atoms with Gasteiger partial charge in [-0.2, -0.15) is 0 Å². The number of carbonyl (C=O) groups is 1. The van der Waals surface area contributed by atoms with Gasteiger partial charge in [0.15, 0.2) is 6.29 Å². The third-order valence-electron chi connectivity index (χ3n) is 5.31. The highest BCUT2D eigenvalue weighted by molar-refractivity contribution is 5.95. The largest absolute Gasteiger partial charge is 0.506 e. The number of benzene rings is 1. The molecule has 5 nitrogen and oxygen atoms in total. The average molecular weight is 424 g/mol. The van der Waals surface area contributed by atoms with Crippen LogP contribution in [-0.4, -0.2) is 27.8 Å². The first-order chi connectivity index (χ1) is 14.9. The second kappa shape index (κ2) is 12.0. The van der Waals surface area contributed by atoms with Gasteiger partial charge in [-0.15, -0.1) is 0 Å². The molecule has 5 heteroatoms. The van der Waals surface area contributed by atoms with E-state index in [0.717, 1.165) is 46.4 Å². The smallest absolute Gasteiger partial charge is 0.154 e. The number of H-pyrrole nitrogens is 1. The zero-order valence-electron chi connectivity index (χ0n) is 20.0. The number of rotatable bonds is 4. The fourth-order valence-electron chi connectivity index (χ4n) is 3.41. The Morgan fingerprint density at radius 1 is 1.26 bits per heavy atom. The molecule has 0 bridgehead atoms. The number of phenolic OH excluding ortho intramolecular Hbond substituents is 1. The topological polar surface area (TPSA) is 83.5 Å². The normalized spacial score (nSPS) is 12.8. The molecule has 0 saturated heterocycles. The average Bonchev–Trinajstić information content (AvgIpc) is 3.32. The van der Waals surface area contributed by atoms with Crippen molar-refractivity contribution < 1.29 is 9.90 Å². The number of nitrogens with one attached hydrogen (secondary N) is 1. The number of hydrogen-bond acceptors (Lipinski definition) is 3. The summed E-state index contributed by atoms with van der Waals surface area (Å²) in [5.74, 6) is 0.201. The summed E-state index contributed by atoms with van der Waals surface area (Å²) in [7, 11) is 1.50. The Balaban J connectivity index is 0.000000521. The molecule has 0 aliphatic carbocycles. The summed E-state index contributed by atoms with van der Waals surface area (Å²) in [5, 5.41) is 12.2. The summed E-state index contributed by atoms with van der Waals surface area (Å²) < 4.78 is 2.09. The molecular formula is C26H37N3O2. The highest BCUT2D eigenvalue weighted by Crippen LogP contribution is 2.27. The van der Waals surface area contributed by atoms with E-state index in [-0.39, 0.29) is 5.75 Å². The molecule has 2 heterocycles. The van der Waals surface area contributed by atoms with E-state index in [9.17, 15) is 9.90 Å². The minimum absolute atomic E-state index is 0.201. The number of imidazole rings is 1. The van der Waals surface area contributed by atoms with Crippen LogP contribution in [0.25, 0.3) is 28.3 Å². The highest BCUT2D eigenvalue weighted by atomic mass is 16.3. The van der Waals surface area contributed by atoms with Gasteiger partial charge in [-0.3, -0.25) is 9.20 Å². The lowest BCUT2D eigenvalue weighted by molar-refractivity contribution is 0.112. The maximum Gasteiger partial charge on any atom is 0.154 e. The lowest BCUT2D eigenvalue weighted by atomic mass is 10.1. The molecule has 0 aliphatic heterocycles. The van der Waals surface area contributed by atoms with Crippen LogP contribution < -0.4 is 16.3 Å². The van der Waals surface area contributed by atoms with Crippen LogP contribution in [0.1, 0.15) is 63.4 Å². The number of allylic oxidation sites excluding steroid dienone is 3. The number of hydrogen-bond donors (Lipinski definition) is 3. The van der Waals surface area contributed by atoms with Crippen LogP contribution >= 0.6 is 0 Å². The molecule has 0 aliphatic rings. The summed E-state index contributed by atoms with van der Waals surface area (Å²) in [6.07, 6.45) is 8.63. The van der Waals surface area contributed by atoms with Crippen LogP contribution in [0, 0.1) is 6.92 Å². The Morgan fingerprint density at radius 2 is 1.90 bits per heavy atom. The van der Waals surface area contributed by atoms with Crippen molar-refractivity contribution in [3.63, 3.8) is 0 Å². The fourth-order valence-corrected chi connectivity index (χ4v) is 3.41. The second-order valence-electron chi connectivity index (χ2n) is 7.21. The van der Waals surface area contributed by atoms with Gasteiger partial charge in [0.25, 0.3) is 0 Å². The van der Waals surface area contributed by atoms with E-state index in [1.165, 1.54) is 18.2 Å². The summed E-state index contributed by atoms with van der Waals surface area (Å²) in [5.41, 5.74) is 11.0. The van der Waals surface area contributed by atoms with Crippen molar-refractivity contribution in [1.82, 2.24) is 9.38 Å². The van der Waals surface area contributed by atoms with Gasteiger partial charge in [-0.1, -0.05) is 50.3 Å². The van der Waals surface area contributed by atoms with E-state index in [1.807, 2.05) is 39.0 Å². The number of aldehydes is 1. The maximum absolute atomic E-state index is 11.8. The maximum atomic E-state index is 11.8. The first-order valence-electron chi connectivity index (χ1n) is 10.7. The van der Waals surface area contributed by atoms with Crippen LogP contribution in [0.15, 0.2) is 36.4 Å². The van der Waals surface area contributed by atoms with Gasteiger partial charge in [-0.25, -0.2) is 0 Å². The number of nitrogens with two attached hydrogens (primary N) is 1. The number of fused-ring (bicyclic) bond motifs is 3. The Kier molecular flexibility index (Phi) is 10.0. The summed E-state index contributed by atoms with van der Waals surface area (Å²) >= 11 is 0. The van der Waals surface area contributed by atoms with E-state index >= 15 is 0 Å². The molecule has 1 aromatic carbocycles. The van der Waals surface area contributed by atoms with Crippen LogP contribution in [0.3, 0.4) is 0 Å². The van der Waals surface area contributed by atoms with Gasteiger partial charge >= 0.3 is 0 Å². The summed E-state index contributed by atoms with van der Waals surface area (Å²) in [6.45, 7) is 15.9. The molecule has 0 unspecified atom stereocenters. The molecule has 3 rings (SSSR count). The highest BCUT2D eigenvalue weighted by Gasteiger charge is 2.17. The standard InChI is InChI=1S/C19H22N2O2.C6H10.CH5N/c1-5-7-13-14(10-22)19-20-16-15(23)9-8-12(4)18(16)21(19)17(13)11(3)6-2;1-4-6(3)5-2;1-2/h7-10,20,23H,5-6H2,1-4H3;4-5H,1H2,2-3H3;2H2,1H3/b13-7+,17-11?;6-5+;. The molecule has 0 atom stereocenters. The van der Waals surface area contributed by atoms with Crippen LogP contribution in [0.2, 0.25) is 0 Å². The first-order valence-corrected chi connectivity index (χ1v) is 10.7. The fraction of sp³-hybridized carbons (Fsp3) is 0.346. The minimum Gasteiger partial charge on any atom is -0.506 e. The minimum atomic E-state index is 0.201. The SMILES string of the molecule is C=C/C(C)=C/C.CC/C=c1\c(C=O)c2[nH]c3c(O)ccc(C)c3n2c1=C(C)CC.CN. The van der Waals surface area contributed by atoms with Gasteiger partial charge in [0, 0.05) is 5.22 Å². The molecule has 3 aromatic rings. The molecule has 2 aromatic heterocycles. The number of aromatic amines is 1. The predicted molar refractivity (Wildman–Crippen MR) is 134 cm³/mol. The zero-order chi connectivity index (χ0) is 23.7. The Hall–Kier alpha value is -3.05. The molecule has 0 fully saturated rings. The van der Waals surface area contributed by atoms with Crippen molar-refractivity contribution in [2.45, 2.75) is 54.4 Å². The Morgan fingerprint density at radius 3 is 2.35 bits per heavy atom. The molecule has 31 heavy (non-hydrogen) atoms. The monoisotopic (exact) mass is 423 g/mol. The zero-order valence-corrected chi connectivity index (χ0v) is 20.0. The molecule has 0 radical (unpaired) electrons. The molecule has 0 amide bonds. The Labute approximate surface area is 185 Å². The van der Waals surface area contributed by atoms with E-state index in [0.29, 0.717) is 11.1 Å². The molecule has 0 saturated carbocycles. The second-order valence-corrected chi connectivity index (χ2v) is 7.21. The van der Waals surface area contributed by atoms with Gasteiger partial charge in [0.2, 0.25) is 0 Å². The van der Waals surface area contributed by atoms with E-state index in [4.69, 9.17) is 0 Å². The molecular weight excluding hydrogens is 386 g/mol. The number of phenols is 1. The lowest BCUT2D eigenvalue weighted by Crippen LogP contribution is -2.29. The van der Waals surface area contributed by atoms with Crippen LogP contribution in [0.5, 0.6) is 5.75 Å². The van der Waals surface area contributed by atoms with Crippen molar-refractivity contribution in [1.29, 1.82) is 0 Å². The van der Waals surface area contributed by atoms with Crippen molar-refractivity contribution in [3.8, 4) is 5.75 Å². The van der Waals surface area contributed by atoms with Gasteiger partial charge in [-0.05, 0) is 64.8 Å². The predicted octanol–water partition coefficient (Wildman–Crippen LogP) is 4.73. The van der Waals surface area contributed by atoms with E-state index in [1.54, 1.807) is 6.07 Å². The van der Waals surface area contributed by atoms with Crippen molar-refractivity contribution in [2.75, 3.05) is 7.05 Å². The van der Waals surface area contributed by atoms with Gasteiger partial charge in [0.1, 0.15) is 16.9 Å².